The lowest BCUT2D eigenvalue weighted by Gasteiger charge is -2.43. The molecular weight excluding hydrogens is 627 g/mol. The summed E-state index contributed by atoms with van der Waals surface area (Å²) in [5.74, 6) is 0.770. The highest BCUT2D eigenvalue weighted by Gasteiger charge is 2.33. The monoisotopic (exact) mass is 667 g/mol. The van der Waals surface area contributed by atoms with Crippen molar-refractivity contribution in [2.24, 2.45) is 7.05 Å². The van der Waals surface area contributed by atoms with Crippen LogP contribution in [0.15, 0.2) is 47.7 Å². The highest BCUT2D eigenvalue weighted by atomic mass is 32.1. The highest BCUT2D eigenvalue weighted by molar-refractivity contribution is 7.14. The smallest absolute Gasteiger partial charge is 0.274 e. The Labute approximate surface area is 284 Å². The van der Waals surface area contributed by atoms with E-state index in [1.54, 1.807) is 47.8 Å². The molecule has 4 aromatic rings. The maximum absolute atomic E-state index is 13.9. The van der Waals surface area contributed by atoms with Crippen LogP contribution in [-0.4, -0.2) is 83.6 Å². The quantitative estimate of drug-likeness (QED) is 0.241. The second-order valence-electron chi connectivity index (χ2n) is 12.6. The molecule has 2 fully saturated rings. The number of nitrogens with one attached hydrogen (secondary N) is 1. The van der Waals surface area contributed by atoms with E-state index < -0.39 is 0 Å². The lowest BCUT2D eigenvalue weighted by Crippen LogP contribution is -2.56. The third kappa shape index (κ3) is 5.93. The van der Waals surface area contributed by atoms with Crippen LogP contribution in [0.3, 0.4) is 0 Å². The van der Waals surface area contributed by atoms with Crippen LogP contribution in [0.4, 0.5) is 23.0 Å². The zero-order valence-corrected chi connectivity index (χ0v) is 28.5. The average molecular weight is 668 g/mol. The first-order valence-electron chi connectivity index (χ1n) is 16.8. The number of thiophene rings is 1. The molecule has 12 heteroatoms. The molecule has 0 radical (unpaired) electrons. The molecule has 250 valence electrons. The van der Waals surface area contributed by atoms with Gasteiger partial charge in [0.1, 0.15) is 17.3 Å². The Hall–Kier alpha value is -4.39. The number of hydrogen-bond acceptors (Lipinski definition) is 10. The Morgan fingerprint density at radius 3 is 2.54 bits per heavy atom. The molecule has 0 aromatic carbocycles. The van der Waals surface area contributed by atoms with E-state index in [4.69, 9.17) is 4.74 Å². The predicted octanol–water partition coefficient (Wildman–Crippen LogP) is 4.70. The molecule has 11 nitrogen and oxygen atoms in total. The first kappa shape index (κ1) is 32.2. The van der Waals surface area contributed by atoms with Gasteiger partial charge in [-0.05, 0) is 60.2 Å². The third-order valence-electron chi connectivity index (χ3n) is 9.71. The summed E-state index contributed by atoms with van der Waals surface area (Å²) in [4.78, 5) is 57.4. The van der Waals surface area contributed by atoms with Gasteiger partial charge in [-0.1, -0.05) is 20.3 Å². The van der Waals surface area contributed by atoms with Gasteiger partial charge in [-0.2, -0.15) is 0 Å². The molecule has 7 rings (SSSR count). The number of hydrogen-bond donors (Lipinski definition) is 1. The Kier molecular flexibility index (Phi) is 9.13. The van der Waals surface area contributed by atoms with Gasteiger partial charge in [-0.3, -0.25) is 24.2 Å². The molecule has 0 saturated carbocycles. The number of carbonyl (C=O) groups excluding carboxylic acids is 2. The molecule has 0 spiro atoms. The van der Waals surface area contributed by atoms with E-state index in [0.717, 1.165) is 87.5 Å². The minimum absolute atomic E-state index is 0.113. The summed E-state index contributed by atoms with van der Waals surface area (Å²) >= 11 is 1.57. The summed E-state index contributed by atoms with van der Waals surface area (Å²) in [6.07, 6.45) is 9.52. The number of aryl methyl sites for hydroxylation is 2. The van der Waals surface area contributed by atoms with Gasteiger partial charge >= 0.3 is 0 Å². The Balaban J connectivity index is 1.13. The zero-order valence-electron chi connectivity index (χ0n) is 27.7. The van der Waals surface area contributed by atoms with E-state index in [1.165, 1.54) is 15.0 Å². The van der Waals surface area contributed by atoms with Crippen molar-refractivity contribution in [2.75, 3.05) is 61.1 Å². The largest absolute Gasteiger partial charge is 0.378 e. The number of rotatable bonds is 10. The van der Waals surface area contributed by atoms with E-state index in [2.05, 4.69) is 38.9 Å². The molecule has 0 bridgehead atoms. The summed E-state index contributed by atoms with van der Waals surface area (Å²) in [6, 6.07) is 7.93. The third-order valence-corrected chi connectivity index (χ3v) is 11.1. The van der Waals surface area contributed by atoms with Crippen LogP contribution in [0, 0.1) is 0 Å². The number of pyridine rings is 3. The van der Waals surface area contributed by atoms with Crippen molar-refractivity contribution in [1.82, 2.24) is 19.4 Å². The van der Waals surface area contributed by atoms with E-state index >= 15 is 0 Å². The van der Waals surface area contributed by atoms with Crippen LogP contribution in [0.25, 0.3) is 11.1 Å². The Morgan fingerprint density at radius 2 is 1.88 bits per heavy atom. The van der Waals surface area contributed by atoms with Gasteiger partial charge < -0.3 is 19.5 Å². The number of carbonyl (C=O) groups is 2. The number of aldehydes is 1. The highest BCUT2D eigenvalue weighted by Crippen LogP contribution is 2.37. The van der Waals surface area contributed by atoms with Crippen LogP contribution in [0.1, 0.15) is 56.3 Å². The fourth-order valence-electron chi connectivity index (χ4n) is 7.02. The van der Waals surface area contributed by atoms with Crippen LogP contribution in [-0.2, 0) is 31.0 Å². The van der Waals surface area contributed by atoms with E-state index in [0.29, 0.717) is 46.6 Å². The maximum atomic E-state index is 13.9. The Morgan fingerprint density at radius 1 is 1.06 bits per heavy atom. The minimum Gasteiger partial charge on any atom is -0.378 e. The van der Waals surface area contributed by atoms with Gasteiger partial charge in [0.05, 0.1) is 41.6 Å². The number of amides is 1. The minimum atomic E-state index is -0.228. The van der Waals surface area contributed by atoms with Crippen molar-refractivity contribution in [1.29, 1.82) is 0 Å². The van der Waals surface area contributed by atoms with Gasteiger partial charge in [0.2, 0.25) is 0 Å². The van der Waals surface area contributed by atoms with Crippen molar-refractivity contribution in [3.63, 3.8) is 0 Å². The molecule has 0 unspecified atom stereocenters. The fraction of sp³-hybridized carbons (Fsp3) is 0.417. The second-order valence-corrected chi connectivity index (χ2v) is 13.7. The molecule has 48 heavy (non-hydrogen) atoms. The molecule has 0 atom stereocenters. The lowest BCUT2D eigenvalue weighted by atomic mass is 9.96. The summed E-state index contributed by atoms with van der Waals surface area (Å²) in [5, 5.41) is 3.20. The summed E-state index contributed by atoms with van der Waals surface area (Å²) in [7, 11) is 1.68. The SMILES string of the molecule is CCCc1c(CC)sc2c1CCN(c1nccc(-c3cc(Nc4ccc(N5CCN(C6COC6)CC5)cn4)c(=O)n(C)c3)c1C=O)C2=O. The molecule has 3 aliphatic heterocycles. The topological polar surface area (TPSA) is 113 Å². The fourth-order valence-corrected chi connectivity index (χ4v) is 8.31. The van der Waals surface area contributed by atoms with Gasteiger partial charge in [-0.25, -0.2) is 9.97 Å². The van der Waals surface area contributed by atoms with Crippen LogP contribution in [0.5, 0.6) is 0 Å². The molecule has 1 N–H and O–H groups in total. The van der Waals surface area contributed by atoms with Crippen LogP contribution in [0.2, 0.25) is 0 Å². The maximum Gasteiger partial charge on any atom is 0.274 e. The first-order valence-corrected chi connectivity index (χ1v) is 17.6. The van der Waals surface area contributed by atoms with Crippen molar-refractivity contribution in [2.45, 2.75) is 45.6 Å². The van der Waals surface area contributed by atoms with E-state index in [-0.39, 0.29) is 11.5 Å². The molecular formula is C36H41N7O4S. The lowest BCUT2D eigenvalue weighted by molar-refractivity contribution is -0.0660. The number of anilines is 4. The number of ether oxygens (including phenoxy) is 1. The van der Waals surface area contributed by atoms with E-state index in [9.17, 15) is 14.4 Å². The van der Waals surface area contributed by atoms with Crippen LogP contribution >= 0.6 is 11.3 Å². The van der Waals surface area contributed by atoms with Crippen LogP contribution < -0.4 is 20.7 Å². The van der Waals surface area contributed by atoms with Gasteiger partial charge in [-0.15, -0.1) is 11.3 Å². The van der Waals surface area contributed by atoms with E-state index in [1.807, 2.05) is 18.3 Å². The summed E-state index contributed by atoms with van der Waals surface area (Å²) < 4.78 is 6.84. The van der Waals surface area contributed by atoms with Crippen molar-refractivity contribution >= 4 is 46.5 Å². The Bertz CT molecular complexity index is 1890. The summed E-state index contributed by atoms with van der Waals surface area (Å²) in [6.45, 7) is 10.3. The number of aromatic nitrogens is 3. The molecule has 2 saturated heterocycles. The van der Waals surface area contributed by atoms with Gasteiger partial charge in [0.15, 0.2) is 6.29 Å². The first-order chi connectivity index (χ1) is 23.4. The average Bonchev–Trinajstić information content (AvgIpc) is 3.45. The summed E-state index contributed by atoms with van der Waals surface area (Å²) in [5.41, 5.74) is 5.17. The predicted molar refractivity (Wildman–Crippen MR) is 189 cm³/mol. The normalized spacial score (nSPS) is 16.9. The van der Waals surface area contributed by atoms with Crippen molar-refractivity contribution < 1.29 is 14.3 Å². The molecule has 7 heterocycles. The molecule has 4 aromatic heterocycles. The molecule has 3 aliphatic rings. The second kappa shape index (κ2) is 13.6. The standard InChI is InChI=1S/C36H41N7O4S/c1-4-6-27-28-10-12-43(36(46)33(28)48-31(27)5-2)34-29(20-44)26(9-11-37-34)23-17-30(35(45)40(3)19-23)39-32-8-7-24(18-38-32)41-13-15-42(16-14-41)25-21-47-22-25/h7-9,11,17-20,25H,4-6,10,12-16,21-22H2,1-3H3,(H,38,39). The molecule has 1 amide bonds. The van der Waals surface area contributed by atoms with Gasteiger partial charge in [0, 0.05) is 62.6 Å². The van der Waals surface area contributed by atoms with Crippen molar-refractivity contribution in [3.05, 3.63) is 79.7 Å². The molecule has 0 aliphatic carbocycles. The number of piperazine rings is 1. The van der Waals surface area contributed by atoms with Crippen molar-refractivity contribution in [3.8, 4) is 11.1 Å². The van der Waals surface area contributed by atoms with Gasteiger partial charge in [0.25, 0.3) is 11.5 Å². The number of nitrogens with zero attached hydrogens (tertiary/aromatic N) is 6. The number of fused-ring (bicyclic) bond motifs is 1. The zero-order chi connectivity index (χ0) is 33.4.